The molecule has 1 N–H and O–H groups in total. The largest absolute Gasteiger partial charge is 0.395 e. The maximum Gasteiger partial charge on any atom is 0.257 e. The number of aliphatic hydroxyl groups excluding tert-OH is 1. The summed E-state index contributed by atoms with van der Waals surface area (Å²) in [5.74, 6) is -0.814. The summed E-state index contributed by atoms with van der Waals surface area (Å²) < 4.78 is 14.0. The molecule has 1 rings (SSSR count). The maximum absolute atomic E-state index is 14.0. The Balaban J connectivity index is 3.08. The van der Waals surface area contributed by atoms with Gasteiger partial charge in [0, 0.05) is 12.6 Å². The van der Waals surface area contributed by atoms with Crippen LogP contribution in [-0.4, -0.2) is 35.1 Å². The fourth-order valence-corrected chi connectivity index (χ4v) is 2.25. The molecule has 0 saturated heterocycles. The van der Waals surface area contributed by atoms with Crippen LogP contribution in [0.3, 0.4) is 0 Å². The van der Waals surface area contributed by atoms with Crippen LogP contribution in [0, 0.1) is 12.7 Å². The van der Waals surface area contributed by atoms with Crippen molar-refractivity contribution in [2.75, 3.05) is 13.2 Å². The van der Waals surface area contributed by atoms with Gasteiger partial charge in [0.05, 0.1) is 12.2 Å². The highest BCUT2D eigenvalue weighted by Crippen LogP contribution is 2.18. The molecular formula is C15H22FNO2. The Kier molecular flexibility index (Phi) is 5.96. The molecule has 1 aromatic carbocycles. The first-order chi connectivity index (χ1) is 9.06. The number of amides is 1. The predicted octanol–water partition coefficient (Wildman–Crippen LogP) is 2.76. The van der Waals surface area contributed by atoms with E-state index in [2.05, 4.69) is 0 Å². The quantitative estimate of drug-likeness (QED) is 0.861. The summed E-state index contributed by atoms with van der Waals surface area (Å²) in [5, 5.41) is 9.11. The molecule has 1 aromatic rings. The van der Waals surface area contributed by atoms with Gasteiger partial charge in [0.15, 0.2) is 0 Å². The molecule has 106 valence electrons. The molecule has 19 heavy (non-hydrogen) atoms. The van der Waals surface area contributed by atoms with Crippen LogP contribution in [0.4, 0.5) is 4.39 Å². The lowest BCUT2D eigenvalue weighted by Crippen LogP contribution is -2.42. The SMILES string of the molecule is CCC(CC)N(CCO)C(=O)c1cccc(C)c1F. The fraction of sp³-hybridized carbons (Fsp3) is 0.533. The third-order valence-corrected chi connectivity index (χ3v) is 3.41. The number of rotatable bonds is 6. The van der Waals surface area contributed by atoms with Gasteiger partial charge >= 0.3 is 0 Å². The molecule has 0 spiro atoms. The van der Waals surface area contributed by atoms with Crippen molar-refractivity contribution in [3.63, 3.8) is 0 Å². The maximum atomic E-state index is 14.0. The third kappa shape index (κ3) is 3.53. The molecule has 3 nitrogen and oxygen atoms in total. The summed E-state index contributed by atoms with van der Waals surface area (Å²) >= 11 is 0. The highest BCUT2D eigenvalue weighted by molar-refractivity contribution is 5.95. The molecule has 0 aliphatic carbocycles. The summed E-state index contributed by atoms with van der Waals surface area (Å²) in [6.07, 6.45) is 1.57. The van der Waals surface area contributed by atoms with E-state index < -0.39 is 5.82 Å². The van der Waals surface area contributed by atoms with E-state index in [1.54, 1.807) is 24.0 Å². The van der Waals surface area contributed by atoms with E-state index in [0.717, 1.165) is 12.8 Å². The minimum Gasteiger partial charge on any atom is -0.395 e. The van der Waals surface area contributed by atoms with Gasteiger partial charge in [-0.15, -0.1) is 0 Å². The van der Waals surface area contributed by atoms with Gasteiger partial charge in [0.25, 0.3) is 5.91 Å². The van der Waals surface area contributed by atoms with Gasteiger partial charge in [0.1, 0.15) is 5.82 Å². The van der Waals surface area contributed by atoms with Crippen LogP contribution in [-0.2, 0) is 0 Å². The average Bonchev–Trinajstić information content (AvgIpc) is 2.41. The second kappa shape index (κ2) is 7.24. The summed E-state index contributed by atoms with van der Waals surface area (Å²) in [6.45, 7) is 5.73. The highest BCUT2D eigenvalue weighted by Gasteiger charge is 2.24. The van der Waals surface area contributed by atoms with Crippen LogP contribution >= 0.6 is 0 Å². The van der Waals surface area contributed by atoms with Crippen LogP contribution < -0.4 is 0 Å². The lowest BCUT2D eigenvalue weighted by atomic mass is 10.1. The van der Waals surface area contributed by atoms with Gasteiger partial charge in [0.2, 0.25) is 0 Å². The molecule has 0 radical (unpaired) electrons. The zero-order chi connectivity index (χ0) is 14.4. The van der Waals surface area contributed by atoms with E-state index in [0.29, 0.717) is 5.56 Å². The van der Waals surface area contributed by atoms with Gasteiger partial charge in [-0.2, -0.15) is 0 Å². The highest BCUT2D eigenvalue weighted by atomic mass is 19.1. The Morgan fingerprint density at radius 1 is 1.37 bits per heavy atom. The van der Waals surface area contributed by atoms with Gasteiger partial charge in [-0.25, -0.2) is 4.39 Å². The Morgan fingerprint density at radius 2 is 2.00 bits per heavy atom. The predicted molar refractivity (Wildman–Crippen MR) is 73.6 cm³/mol. The van der Waals surface area contributed by atoms with E-state index in [9.17, 15) is 9.18 Å². The number of carbonyl (C=O) groups is 1. The third-order valence-electron chi connectivity index (χ3n) is 3.41. The number of hydrogen-bond acceptors (Lipinski definition) is 2. The van der Waals surface area contributed by atoms with E-state index >= 15 is 0 Å². The van der Waals surface area contributed by atoms with E-state index in [1.807, 2.05) is 13.8 Å². The molecular weight excluding hydrogens is 245 g/mol. The molecule has 0 fully saturated rings. The molecule has 0 heterocycles. The molecule has 4 heteroatoms. The molecule has 0 bridgehead atoms. The standard InChI is InChI=1S/C15H22FNO2/c1-4-12(5-2)17(9-10-18)15(19)13-8-6-7-11(3)14(13)16/h6-8,12,18H,4-5,9-10H2,1-3H3. The van der Waals surface area contributed by atoms with Crippen molar-refractivity contribution in [1.29, 1.82) is 0 Å². The number of halogens is 1. The van der Waals surface area contributed by atoms with Crippen molar-refractivity contribution < 1.29 is 14.3 Å². The van der Waals surface area contributed by atoms with Crippen LogP contribution in [0.1, 0.15) is 42.6 Å². The van der Waals surface area contributed by atoms with Crippen molar-refractivity contribution in [1.82, 2.24) is 4.90 Å². The number of benzene rings is 1. The molecule has 0 aliphatic heterocycles. The first-order valence-corrected chi connectivity index (χ1v) is 6.73. The molecule has 0 unspecified atom stereocenters. The van der Waals surface area contributed by atoms with Crippen molar-refractivity contribution in [2.24, 2.45) is 0 Å². The zero-order valence-electron chi connectivity index (χ0n) is 11.8. The van der Waals surface area contributed by atoms with Crippen LogP contribution in [0.2, 0.25) is 0 Å². The van der Waals surface area contributed by atoms with Crippen LogP contribution in [0.25, 0.3) is 0 Å². The molecule has 0 aromatic heterocycles. The number of carbonyl (C=O) groups excluding carboxylic acids is 1. The molecule has 0 aliphatic rings. The van der Waals surface area contributed by atoms with Crippen molar-refractivity contribution in [3.8, 4) is 0 Å². The Labute approximate surface area is 114 Å². The number of aliphatic hydroxyl groups is 1. The van der Waals surface area contributed by atoms with E-state index in [4.69, 9.17) is 5.11 Å². The lowest BCUT2D eigenvalue weighted by Gasteiger charge is -2.30. The number of nitrogens with zero attached hydrogens (tertiary/aromatic N) is 1. The fourth-order valence-electron chi connectivity index (χ4n) is 2.25. The minimum absolute atomic E-state index is 0.0274. The number of hydrogen-bond donors (Lipinski definition) is 1. The summed E-state index contributed by atoms with van der Waals surface area (Å²) in [5.41, 5.74) is 0.541. The summed E-state index contributed by atoms with van der Waals surface area (Å²) in [6, 6.07) is 4.84. The van der Waals surface area contributed by atoms with Crippen LogP contribution in [0.5, 0.6) is 0 Å². The second-order valence-corrected chi connectivity index (χ2v) is 4.63. The average molecular weight is 267 g/mol. The van der Waals surface area contributed by atoms with Gasteiger partial charge in [-0.3, -0.25) is 4.79 Å². The lowest BCUT2D eigenvalue weighted by molar-refractivity contribution is 0.0617. The Hall–Kier alpha value is -1.42. The first kappa shape index (κ1) is 15.6. The topological polar surface area (TPSA) is 40.5 Å². The molecule has 0 saturated carbocycles. The Bertz CT molecular complexity index is 430. The summed E-state index contributed by atoms with van der Waals surface area (Å²) in [7, 11) is 0. The smallest absolute Gasteiger partial charge is 0.257 e. The molecule has 0 atom stereocenters. The molecule has 1 amide bonds. The van der Waals surface area contributed by atoms with Gasteiger partial charge < -0.3 is 10.0 Å². The number of aryl methyl sites for hydroxylation is 1. The second-order valence-electron chi connectivity index (χ2n) is 4.63. The van der Waals surface area contributed by atoms with Crippen molar-refractivity contribution in [2.45, 2.75) is 39.7 Å². The zero-order valence-corrected chi connectivity index (χ0v) is 11.8. The normalized spacial score (nSPS) is 10.8. The monoisotopic (exact) mass is 267 g/mol. The van der Waals surface area contributed by atoms with Gasteiger partial charge in [-0.1, -0.05) is 26.0 Å². The minimum atomic E-state index is -0.471. The first-order valence-electron chi connectivity index (χ1n) is 6.73. The summed E-state index contributed by atoms with van der Waals surface area (Å²) in [4.78, 5) is 14.0. The van der Waals surface area contributed by atoms with E-state index in [-0.39, 0.29) is 30.7 Å². The van der Waals surface area contributed by atoms with Gasteiger partial charge in [-0.05, 0) is 31.4 Å². The Morgan fingerprint density at radius 3 is 2.53 bits per heavy atom. The van der Waals surface area contributed by atoms with Crippen LogP contribution in [0.15, 0.2) is 18.2 Å². The van der Waals surface area contributed by atoms with Crippen molar-refractivity contribution in [3.05, 3.63) is 35.1 Å². The van der Waals surface area contributed by atoms with Crippen molar-refractivity contribution >= 4 is 5.91 Å². The van der Waals surface area contributed by atoms with E-state index in [1.165, 1.54) is 6.07 Å².